The van der Waals surface area contributed by atoms with Crippen molar-refractivity contribution in [1.82, 2.24) is 0 Å². The molecule has 2 aromatic rings. The maximum Gasteiger partial charge on any atom is 0.123 e. The van der Waals surface area contributed by atoms with E-state index in [9.17, 15) is 4.39 Å². The second-order valence-corrected chi connectivity index (χ2v) is 4.79. The molecule has 0 heterocycles. The van der Waals surface area contributed by atoms with Gasteiger partial charge in [0.05, 0.1) is 5.41 Å². The monoisotopic (exact) mass is 236 g/mol. The topological polar surface area (TPSA) is 0 Å². The molecule has 0 N–H and O–H groups in total. The summed E-state index contributed by atoms with van der Waals surface area (Å²) in [6, 6.07) is 16.8. The third-order valence-electron chi connectivity index (χ3n) is 3.78. The van der Waals surface area contributed by atoms with Gasteiger partial charge >= 0.3 is 0 Å². The average Bonchev–Trinajstić information content (AvgIpc) is 3.17. The highest BCUT2D eigenvalue weighted by Crippen LogP contribution is 2.59. The van der Waals surface area contributed by atoms with E-state index in [1.165, 1.54) is 17.7 Å². The van der Waals surface area contributed by atoms with Crippen LogP contribution in [0.2, 0.25) is 0 Å². The Labute approximate surface area is 106 Å². The summed E-state index contributed by atoms with van der Waals surface area (Å²) < 4.78 is 12.9. The summed E-state index contributed by atoms with van der Waals surface area (Å²) in [6.07, 6.45) is 6.68. The lowest BCUT2D eigenvalue weighted by Crippen LogP contribution is -2.06. The van der Waals surface area contributed by atoms with Crippen LogP contribution < -0.4 is 0 Å². The molecule has 2 atom stereocenters. The smallest absolute Gasteiger partial charge is 0.123 e. The third kappa shape index (κ3) is 1.62. The van der Waals surface area contributed by atoms with Crippen LogP contribution in [0.4, 0.5) is 4.39 Å². The van der Waals surface area contributed by atoms with E-state index in [0.29, 0.717) is 5.92 Å². The van der Waals surface area contributed by atoms with Crippen molar-refractivity contribution >= 4 is 0 Å². The van der Waals surface area contributed by atoms with E-state index in [1.807, 2.05) is 30.3 Å². The van der Waals surface area contributed by atoms with E-state index < -0.39 is 0 Å². The molecular weight excluding hydrogens is 223 g/mol. The second kappa shape index (κ2) is 3.99. The zero-order valence-corrected chi connectivity index (χ0v) is 9.94. The minimum Gasteiger partial charge on any atom is -0.207 e. The van der Waals surface area contributed by atoms with Crippen molar-refractivity contribution in [2.75, 3.05) is 0 Å². The molecule has 0 nitrogen and oxygen atoms in total. The molecular formula is C17H13F. The molecule has 1 heteroatoms. The fourth-order valence-corrected chi connectivity index (χ4v) is 2.66. The zero-order chi connectivity index (χ0) is 12.6. The molecule has 0 spiro atoms. The molecule has 1 aliphatic carbocycles. The molecule has 1 fully saturated rings. The predicted molar refractivity (Wildman–Crippen MR) is 70.7 cm³/mol. The number of rotatable bonds is 2. The van der Waals surface area contributed by atoms with E-state index in [0.717, 1.165) is 12.0 Å². The highest BCUT2D eigenvalue weighted by atomic mass is 19.1. The van der Waals surface area contributed by atoms with Gasteiger partial charge in [-0.1, -0.05) is 48.4 Å². The lowest BCUT2D eigenvalue weighted by atomic mass is 9.91. The minimum absolute atomic E-state index is 0.195. The molecule has 1 saturated carbocycles. The molecule has 0 bridgehead atoms. The van der Waals surface area contributed by atoms with Gasteiger partial charge in [0, 0.05) is 5.92 Å². The summed E-state index contributed by atoms with van der Waals surface area (Å²) in [6.45, 7) is 0. The molecule has 88 valence electrons. The van der Waals surface area contributed by atoms with E-state index in [2.05, 4.69) is 18.1 Å². The summed E-state index contributed by atoms with van der Waals surface area (Å²) in [4.78, 5) is 0. The Morgan fingerprint density at radius 1 is 1.06 bits per heavy atom. The van der Waals surface area contributed by atoms with Gasteiger partial charge in [0.1, 0.15) is 5.82 Å². The largest absolute Gasteiger partial charge is 0.207 e. The van der Waals surface area contributed by atoms with Crippen LogP contribution in [0.5, 0.6) is 0 Å². The van der Waals surface area contributed by atoms with Crippen molar-refractivity contribution in [3.8, 4) is 12.3 Å². The highest BCUT2D eigenvalue weighted by Gasteiger charge is 2.54. The van der Waals surface area contributed by atoms with Crippen molar-refractivity contribution in [3.63, 3.8) is 0 Å². The zero-order valence-electron chi connectivity index (χ0n) is 9.94. The van der Waals surface area contributed by atoms with E-state index in [-0.39, 0.29) is 11.2 Å². The first-order valence-corrected chi connectivity index (χ1v) is 6.05. The van der Waals surface area contributed by atoms with Gasteiger partial charge in [-0.15, -0.1) is 6.42 Å². The number of halogens is 1. The summed E-state index contributed by atoms with van der Waals surface area (Å²) in [5.41, 5.74) is 2.11. The van der Waals surface area contributed by atoms with Gasteiger partial charge in [-0.05, 0) is 29.7 Å². The van der Waals surface area contributed by atoms with Crippen molar-refractivity contribution in [2.24, 2.45) is 0 Å². The standard InChI is InChI=1S/C17H13F/c1-2-17(14-6-4-3-5-7-14)12-16(17)13-8-10-15(18)11-9-13/h1,3-11,16H,12H2. The number of terminal acetylenes is 1. The molecule has 0 aromatic heterocycles. The van der Waals surface area contributed by atoms with Crippen LogP contribution in [-0.2, 0) is 5.41 Å². The summed E-state index contributed by atoms with van der Waals surface area (Å²) in [5, 5.41) is 0. The quantitative estimate of drug-likeness (QED) is 0.694. The summed E-state index contributed by atoms with van der Waals surface area (Å²) >= 11 is 0. The van der Waals surface area contributed by atoms with Gasteiger partial charge in [-0.2, -0.15) is 0 Å². The Bertz CT molecular complexity index is 592. The van der Waals surface area contributed by atoms with Crippen LogP contribution in [0.1, 0.15) is 23.5 Å². The Hall–Kier alpha value is -2.07. The summed E-state index contributed by atoms with van der Waals surface area (Å²) in [7, 11) is 0. The Kier molecular flexibility index (Phi) is 2.45. The van der Waals surface area contributed by atoms with Crippen LogP contribution in [0, 0.1) is 18.2 Å². The molecule has 2 aromatic carbocycles. The Morgan fingerprint density at radius 2 is 1.72 bits per heavy atom. The first-order chi connectivity index (χ1) is 8.76. The minimum atomic E-state index is -0.203. The molecule has 2 unspecified atom stereocenters. The first-order valence-electron chi connectivity index (χ1n) is 6.05. The first kappa shape index (κ1) is 11.0. The third-order valence-corrected chi connectivity index (χ3v) is 3.78. The van der Waals surface area contributed by atoms with Gasteiger partial charge in [0.25, 0.3) is 0 Å². The molecule has 0 saturated heterocycles. The lowest BCUT2D eigenvalue weighted by molar-refractivity contribution is 0.627. The Balaban J connectivity index is 1.95. The maximum absolute atomic E-state index is 12.9. The van der Waals surface area contributed by atoms with Gasteiger partial charge < -0.3 is 0 Å². The lowest BCUT2D eigenvalue weighted by Gasteiger charge is -2.11. The van der Waals surface area contributed by atoms with E-state index in [4.69, 9.17) is 6.42 Å². The van der Waals surface area contributed by atoms with Crippen molar-refractivity contribution < 1.29 is 4.39 Å². The van der Waals surface area contributed by atoms with Crippen molar-refractivity contribution in [1.29, 1.82) is 0 Å². The fourth-order valence-electron chi connectivity index (χ4n) is 2.66. The van der Waals surface area contributed by atoms with Crippen LogP contribution in [0.25, 0.3) is 0 Å². The number of benzene rings is 2. The number of hydrogen-bond donors (Lipinski definition) is 0. The SMILES string of the molecule is C#CC1(c2ccccc2)CC1c1ccc(F)cc1. The van der Waals surface area contributed by atoms with Gasteiger partial charge in [0.2, 0.25) is 0 Å². The van der Waals surface area contributed by atoms with Crippen LogP contribution >= 0.6 is 0 Å². The number of hydrogen-bond acceptors (Lipinski definition) is 0. The molecule has 1 aliphatic rings. The van der Waals surface area contributed by atoms with Crippen LogP contribution in [-0.4, -0.2) is 0 Å². The second-order valence-electron chi connectivity index (χ2n) is 4.79. The Morgan fingerprint density at radius 3 is 2.33 bits per heavy atom. The van der Waals surface area contributed by atoms with Crippen LogP contribution in [0.3, 0.4) is 0 Å². The maximum atomic E-state index is 12.9. The predicted octanol–water partition coefficient (Wildman–Crippen LogP) is 3.88. The molecule has 18 heavy (non-hydrogen) atoms. The van der Waals surface area contributed by atoms with Gasteiger partial charge in [-0.3, -0.25) is 0 Å². The van der Waals surface area contributed by atoms with Gasteiger partial charge in [-0.25, -0.2) is 4.39 Å². The van der Waals surface area contributed by atoms with E-state index in [1.54, 1.807) is 0 Å². The highest BCUT2D eigenvalue weighted by molar-refractivity contribution is 5.50. The van der Waals surface area contributed by atoms with Gasteiger partial charge in [0.15, 0.2) is 0 Å². The van der Waals surface area contributed by atoms with Crippen molar-refractivity contribution in [3.05, 3.63) is 71.5 Å². The van der Waals surface area contributed by atoms with Crippen molar-refractivity contribution in [2.45, 2.75) is 17.8 Å². The normalized spacial score (nSPS) is 25.4. The fraction of sp³-hybridized carbons (Fsp3) is 0.176. The summed E-state index contributed by atoms with van der Waals surface area (Å²) in [5.74, 6) is 3.05. The van der Waals surface area contributed by atoms with E-state index >= 15 is 0 Å². The molecule has 3 rings (SSSR count). The molecule has 0 amide bonds. The van der Waals surface area contributed by atoms with Crippen LogP contribution in [0.15, 0.2) is 54.6 Å². The molecule has 0 aliphatic heterocycles. The average molecular weight is 236 g/mol. The molecule has 0 radical (unpaired) electrons.